The Balaban J connectivity index is 1.89. The van der Waals surface area contributed by atoms with Crippen LogP contribution in [0.5, 0.6) is 0 Å². The highest BCUT2D eigenvalue weighted by Crippen LogP contribution is 2.37. The average Bonchev–Trinajstić information content (AvgIpc) is 3.39. The molecule has 4 heteroatoms. The molecule has 0 aromatic heterocycles. The highest BCUT2D eigenvalue weighted by molar-refractivity contribution is 7.90. The van der Waals surface area contributed by atoms with Gasteiger partial charge in [0.05, 0.1) is 12.8 Å². The second kappa shape index (κ2) is 7.34. The zero-order chi connectivity index (χ0) is 17.2. The minimum absolute atomic E-state index is 0.0822. The number of nitrogens with zero attached hydrogens (tertiary/aromatic N) is 1. The summed E-state index contributed by atoms with van der Waals surface area (Å²) < 4.78 is 21.1. The molecular weight excluding hydrogens is 318 g/mol. The molecule has 3 atom stereocenters. The standard InChI is InChI=1S/C20H27NO2S/c1-20(2,3)24(22)21(15-16-9-5-4-6-10-16)19(17-12-13-17)18-11-7-8-14-23-18/h4-6,8-10,12,14,18-19H,7,11,13,15H2,1-3H3/t18-,19-,24-/m0/s1. The van der Waals surface area contributed by atoms with E-state index < -0.39 is 11.4 Å². The molecule has 3 nitrogen and oxygen atoms in total. The number of rotatable bonds is 6. The number of hydrogen-bond acceptors (Lipinski definition) is 3. The average molecular weight is 346 g/mol. The maximum Gasteiger partial charge on any atom is 0.137 e. The molecule has 130 valence electrons. The van der Waals surface area contributed by atoms with E-state index in [4.69, 9.17) is 4.74 Å². The molecule has 1 heterocycles. The van der Waals surface area contributed by atoms with Gasteiger partial charge in [-0.1, -0.05) is 36.4 Å². The predicted molar refractivity (Wildman–Crippen MR) is 99.6 cm³/mol. The van der Waals surface area contributed by atoms with Crippen LogP contribution in [0, 0.1) is 0 Å². The van der Waals surface area contributed by atoms with Crippen LogP contribution >= 0.6 is 0 Å². The topological polar surface area (TPSA) is 35.5 Å². The zero-order valence-electron chi connectivity index (χ0n) is 14.8. The van der Waals surface area contributed by atoms with Crippen molar-refractivity contribution in [2.24, 2.45) is 0 Å². The molecule has 1 aromatic carbocycles. The van der Waals surface area contributed by atoms with Crippen molar-refractivity contribution in [1.82, 2.24) is 4.31 Å². The van der Waals surface area contributed by atoms with Gasteiger partial charge in [0.2, 0.25) is 0 Å². The number of allylic oxidation sites excluding steroid dienone is 2. The van der Waals surface area contributed by atoms with Gasteiger partial charge in [0.25, 0.3) is 0 Å². The number of ether oxygens (including phenoxy) is 1. The molecule has 1 aromatic rings. The minimum atomic E-state index is -1.10. The van der Waals surface area contributed by atoms with Crippen LogP contribution in [0.2, 0.25) is 0 Å². The van der Waals surface area contributed by atoms with Gasteiger partial charge in [0.15, 0.2) is 0 Å². The summed E-state index contributed by atoms with van der Waals surface area (Å²) in [5.41, 5.74) is 2.55. The molecule has 0 saturated heterocycles. The number of hydrogen-bond donors (Lipinski definition) is 0. The van der Waals surface area contributed by atoms with E-state index in [9.17, 15) is 4.55 Å². The highest BCUT2D eigenvalue weighted by atomic mass is 32.2. The van der Waals surface area contributed by atoms with E-state index in [1.54, 1.807) is 0 Å². The Morgan fingerprint density at radius 2 is 2.00 bits per heavy atom. The lowest BCUT2D eigenvalue weighted by molar-refractivity contribution is 0.0697. The SMILES string of the molecule is CC(C)(C)[S@+]([O-])N(Cc1ccccc1)[C@@H](C1=CC1)[C@@H]1CCC=CO1. The van der Waals surface area contributed by atoms with Crippen molar-refractivity contribution in [3.05, 3.63) is 59.9 Å². The van der Waals surface area contributed by atoms with Gasteiger partial charge in [0.1, 0.15) is 16.9 Å². The van der Waals surface area contributed by atoms with Crippen LogP contribution in [-0.4, -0.2) is 25.8 Å². The molecule has 0 spiro atoms. The van der Waals surface area contributed by atoms with Gasteiger partial charge in [-0.05, 0) is 57.2 Å². The first-order chi connectivity index (χ1) is 11.5. The first-order valence-electron chi connectivity index (χ1n) is 8.69. The Morgan fingerprint density at radius 3 is 2.54 bits per heavy atom. The first-order valence-corrected chi connectivity index (χ1v) is 9.79. The molecule has 0 radical (unpaired) electrons. The van der Waals surface area contributed by atoms with Gasteiger partial charge >= 0.3 is 0 Å². The summed E-state index contributed by atoms with van der Waals surface area (Å²) >= 11 is -1.10. The maximum atomic E-state index is 13.3. The van der Waals surface area contributed by atoms with Crippen molar-refractivity contribution in [3.8, 4) is 0 Å². The summed E-state index contributed by atoms with van der Waals surface area (Å²) in [6.45, 7) is 6.81. The minimum Gasteiger partial charge on any atom is -0.597 e. The quantitative estimate of drug-likeness (QED) is 0.568. The molecule has 3 rings (SSSR count). The van der Waals surface area contributed by atoms with Gasteiger partial charge in [-0.15, -0.1) is 4.31 Å². The summed E-state index contributed by atoms with van der Waals surface area (Å²) in [6, 6.07) is 10.4. The largest absolute Gasteiger partial charge is 0.597 e. The van der Waals surface area contributed by atoms with E-state index in [2.05, 4.69) is 28.6 Å². The fourth-order valence-corrected chi connectivity index (χ4v) is 4.52. The zero-order valence-corrected chi connectivity index (χ0v) is 15.6. The number of benzene rings is 1. The Hall–Kier alpha value is -1.23. The fraction of sp³-hybridized carbons (Fsp3) is 0.500. The first kappa shape index (κ1) is 17.6. The lowest BCUT2D eigenvalue weighted by Gasteiger charge is -2.40. The normalized spacial score (nSPS) is 22.7. The van der Waals surface area contributed by atoms with Crippen LogP contribution in [0.15, 0.2) is 54.3 Å². The molecule has 1 aliphatic heterocycles. The van der Waals surface area contributed by atoms with Gasteiger partial charge in [-0.2, -0.15) is 0 Å². The summed E-state index contributed by atoms with van der Waals surface area (Å²) in [5.74, 6) is 0. The Labute approximate surface area is 148 Å². The van der Waals surface area contributed by atoms with Crippen molar-refractivity contribution in [2.45, 2.75) is 63.5 Å². The van der Waals surface area contributed by atoms with E-state index in [0.717, 1.165) is 19.3 Å². The van der Waals surface area contributed by atoms with E-state index in [1.807, 2.05) is 45.2 Å². The van der Waals surface area contributed by atoms with Crippen LogP contribution in [0.1, 0.15) is 45.6 Å². The van der Waals surface area contributed by atoms with Crippen LogP contribution < -0.4 is 0 Å². The second-order valence-electron chi connectivity index (χ2n) is 7.47. The molecule has 0 N–H and O–H groups in total. The summed E-state index contributed by atoms with van der Waals surface area (Å²) in [5, 5.41) is 0. The Kier molecular flexibility index (Phi) is 5.38. The third kappa shape index (κ3) is 4.24. The lowest BCUT2D eigenvalue weighted by Crippen LogP contribution is -2.52. The van der Waals surface area contributed by atoms with Crippen LogP contribution in [0.25, 0.3) is 0 Å². The van der Waals surface area contributed by atoms with Crippen molar-refractivity contribution in [1.29, 1.82) is 0 Å². The van der Waals surface area contributed by atoms with E-state index in [-0.39, 0.29) is 16.9 Å². The van der Waals surface area contributed by atoms with Gasteiger partial charge in [0, 0.05) is 11.4 Å². The Morgan fingerprint density at radius 1 is 1.29 bits per heavy atom. The van der Waals surface area contributed by atoms with Crippen LogP contribution in [0.4, 0.5) is 0 Å². The van der Waals surface area contributed by atoms with Gasteiger partial charge in [-0.25, -0.2) is 0 Å². The van der Waals surface area contributed by atoms with E-state index in [0.29, 0.717) is 6.54 Å². The highest BCUT2D eigenvalue weighted by Gasteiger charge is 2.44. The maximum absolute atomic E-state index is 13.3. The third-order valence-electron chi connectivity index (χ3n) is 4.37. The second-order valence-corrected chi connectivity index (χ2v) is 9.67. The van der Waals surface area contributed by atoms with Crippen molar-refractivity contribution >= 4 is 11.4 Å². The van der Waals surface area contributed by atoms with E-state index >= 15 is 0 Å². The summed E-state index contributed by atoms with van der Waals surface area (Å²) in [7, 11) is 0. The molecule has 0 fully saturated rings. The summed E-state index contributed by atoms with van der Waals surface area (Å²) in [4.78, 5) is 0. The molecule has 0 saturated carbocycles. The molecular formula is C20H27NO2S. The summed E-state index contributed by atoms with van der Waals surface area (Å²) in [6.07, 6.45) is 9.22. The monoisotopic (exact) mass is 345 g/mol. The van der Waals surface area contributed by atoms with Crippen molar-refractivity contribution in [3.63, 3.8) is 0 Å². The van der Waals surface area contributed by atoms with Crippen molar-refractivity contribution in [2.75, 3.05) is 0 Å². The van der Waals surface area contributed by atoms with Crippen LogP contribution in [-0.2, 0) is 22.6 Å². The van der Waals surface area contributed by atoms with Crippen LogP contribution in [0.3, 0.4) is 0 Å². The smallest absolute Gasteiger partial charge is 0.137 e. The lowest BCUT2D eigenvalue weighted by atomic mass is 10.0. The fourth-order valence-electron chi connectivity index (χ4n) is 3.07. The predicted octanol–water partition coefficient (Wildman–Crippen LogP) is 4.34. The Bertz CT molecular complexity index is 606. The molecule has 1 aliphatic carbocycles. The van der Waals surface area contributed by atoms with Crippen molar-refractivity contribution < 1.29 is 9.29 Å². The molecule has 2 aliphatic rings. The molecule has 24 heavy (non-hydrogen) atoms. The molecule has 0 unspecified atom stereocenters. The molecule has 0 amide bonds. The van der Waals surface area contributed by atoms with E-state index in [1.165, 1.54) is 11.1 Å². The molecule has 0 bridgehead atoms. The van der Waals surface area contributed by atoms with Gasteiger partial charge < -0.3 is 9.29 Å². The van der Waals surface area contributed by atoms with Gasteiger partial charge in [-0.3, -0.25) is 0 Å². The third-order valence-corrected chi connectivity index (χ3v) is 6.20.